The molecule has 2 heterocycles. The number of carbonyl (C=O) groups is 2. The first-order valence-corrected chi connectivity index (χ1v) is 6.88. The highest BCUT2D eigenvalue weighted by Crippen LogP contribution is 2.22. The molecule has 1 amide bonds. The predicted molar refractivity (Wildman–Crippen MR) is 68.7 cm³/mol. The lowest BCUT2D eigenvalue weighted by atomic mass is 9.99. The molecule has 108 valence electrons. The molecule has 2 N–H and O–H groups in total. The third kappa shape index (κ3) is 3.91. The van der Waals surface area contributed by atoms with E-state index in [-0.39, 0.29) is 23.8 Å². The van der Waals surface area contributed by atoms with Gasteiger partial charge in [-0.1, -0.05) is 6.92 Å². The van der Waals surface area contributed by atoms with Crippen molar-refractivity contribution >= 4 is 11.9 Å². The minimum Gasteiger partial charge on any atom is -0.481 e. The quantitative estimate of drug-likeness (QED) is 0.748. The first-order valence-electron chi connectivity index (χ1n) is 6.88. The van der Waals surface area contributed by atoms with Gasteiger partial charge in [0.05, 0.1) is 12.5 Å². The Labute approximate surface area is 113 Å². The predicted octanol–water partition coefficient (Wildman–Crippen LogP) is -0.0659. The SMILES string of the molecule is C[C@@H]1CN(CC(=O)NC2CCOCC2)C[C@H]1C(=O)O. The van der Waals surface area contributed by atoms with Crippen molar-refractivity contribution in [3.63, 3.8) is 0 Å². The van der Waals surface area contributed by atoms with E-state index in [1.807, 2.05) is 11.8 Å². The Morgan fingerprint density at radius 2 is 2.00 bits per heavy atom. The maximum absolute atomic E-state index is 11.9. The van der Waals surface area contributed by atoms with Gasteiger partial charge in [0.1, 0.15) is 0 Å². The second-order valence-corrected chi connectivity index (χ2v) is 5.57. The van der Waals surface area contributed by atoms with Gasteiger partial charge in [0.25, 0.3) is 0 Å². The number of hydrogen-bond acceptors (Lipinski definition) is 4. The normalized spacial score (nSPS) is 29.3. The van der Waals surface area contributed by atoms with Gasteiger partial charge in [-0.05, 0) is 18.8 Å². The summed E-state index contributed by atoms with van der Waals surface area (Å²) >= 11 is 0. The standard InChI is InChI=1S/C13H22N2O4/c1-9-6-15(7-11(9)13(17)18)8-12(16)14-10-2-4-19-5-3-10/h9-11H,2-8H2,1H3,(H,14,16)(H,17,18)/t9-,11-/m1/s1. The molecule has 2 fully saturated rings. The van der Waals surface area contributed by atoms with Gasteiger partial charge in [0.2, 0.25) is 5.91 Å². The largest absolute Gasteiger partial charge is 0.481 e. The number of likely N-dealkylation sites (tertiary alicyclic amines) is 1. The highest BCUT2D eigenvalue weighted by Gasteiger charge is 2.35. The van der Waals surface area contributed by atoms with E-state index in [0.717, 1.165) is 12.8 Å². The minimum atomic E-state index is -0.764. The molecule has 6 nitrogen and oxygen atoms in total. The fraction of sp³-hybridized carbons (Fsp3) is 0.846. The molecule has 2 atom stereocenters. The van der Waals surface area contributed by atoms with E-state index in [9.17, 15) is 9.59 Å². The molecule has 0 aromatic rings. The Hall–Kier alpha value is -1.14. The highest BCUT2D eigenvalue weighted by molar-refractivity contribution is 5.78. The van der Waals surface area contributed by atoms with Crippen LogP contribution in [-0.2, 0) is 14.3 Å². The van der Waals surface area contributed by atoms with Crippen LogP contribution in [0.4, 0.5) is 0 Å². The molecule has 2 rings (SSSR count). The maximum Gasteiger partial charge on any atom is 0.308 e. The van der Waals surface area contributed by atoms with Crippen molar-refractivity contribution in [1.82, 2.24) is 10.2 Å². The van der Waals surface area contributed by atoms with Gasteiger partial charge in [-0.25, -0.2) is 0 Å². The van der Waals surface area contributed by atoms with Crippen LogP contribution in [0.25, 0.3) is 0 Å². The van der Waals surface area contributed by atoms with Crippen molar-refractivity contribution < 1.29 is 19.4 Å². The van der Waals surface area contributed by atoms with Gasteiger partial charge in [0.15, 0.2) is 0 Å². The molecule has 0 saturated carbocycles. The van der Waals surface area contributed by atoms with Crippen LogP contribution >= 0.6 is 0 Å². The molecule has 0 unspecified atom stereocenters. The summed E-state index contributed by atoms with van der Waals surface area (Å²) in [6.45, 7) is 4.77. The average molecular weight is 270 g/mol. The Bertz CT molecular complexity index is 342. The Balaban J connectivity index is 1.75. The molecule has 0 aromatic carbocycles. The van der Waals surface area contributed by atoms with Crippen LogP contribution in [-0.4, -0.2) is 60.8 Å². The number of nitrogens with zero attached hydrogens (tertiary/aromatic N) is 1. The van der Waals surface area contributed by atoms with Crippen molar-refractivity contribution in [2.45, 2.75) is 25.8 Å². The zero-order valence-electron chi connectivity index (χ0n) is 11.3. The van der Waals surface area contributed by atoms with Crippen LogP contribution in [0.3, 0.4) is 0 Å². The Morgan fingerprint density at radius 3 is 2.58 bits per heavy atom. The van der Waals surface area contributed by atoms with Crippen molar-refractivity contribution in [3.8, 4) is 0 Å². The van der Waals surface area contributed by atoms with Crippen molar-refractivity contribution in [2.24, 2.45) is 11.8 Å². The van der Waals surface area contributed by atoms with E-state index in [4.69, 9.17) is 9.84 Å². The molecule has 0 aromatic heterocycles. The molecule has 2 aliphatic rings. The molecular formula is C13H22N2O4. The lowest BCUT2D eigenvalue weighted by Gasteiger charge is -2.24. The molecular weight excluding hydrogens is 248 g/mol. The fourth-order valence-electron chi connectivity index (χ4n) is 2.84. The lowest BCUT2D eigenvalue weighted by Crippen LogP contribution is -2.43. The van der Waals surface area contributed by atoms with E-state index in [1.165, 1.54) is 0 Å². The highest BCUT2D eigenvalue weighted by atomic mass is 16.5. The first-order chi connectivity index (χ1) is 9.06. The van der Waals surface area contributed by atoms with E-state index in [1.54, 1.807) is 0 Å². The molecule has 0 spiro atoms. The van der Waals surface area contributed by atoms with Gasteiger partial charge >= 0.3 is 5.97 Å². The monoisotopic (exact) mass is 270 g/mol. The summed E-state index contributed by atoms with van der Waals surface area (Å²) in [5.74, 6) is -1.02. The second-order valence-electron chi connectivity index (χ2n) is 5.57. The summed E-state index contributed by atoms with van der Waals surface area (Å²) in [5.41, 5.74) is 0. The van der Waals surface area contributed by atoms with Gasteiger partial charge in [-0.2, -0.15) is 0 Å². The van der Waals surface area contributed by atoms with Crippen LogP contribution in [0.5, 0.6) is 0 Å². The Kier molecular flexibility index (Phi) is 4.76. The molecule has 19 heavy (non-hydrogen) atoms. The van der Waals surface area contributed by atoms with Crippen molar-refractivity contribution in [2.75, 3.05) is 32.8 Å². The van der Waals surface area contributed by atoms with Gasteiger partial charge in [0, 0.05) is 32.3 Å². The van der Waals surface area contributed by atoms with E-state index in [0.29, 0.717) is 32.8 Å². The number of carbonyl (C=O) groups excluding carboxylic acids is 1. The van der Waals surface area contributed by atoms with E-state index < -0.39 is 5.97 Å². The number of hydrogen-bond donors (Lipinski definition) is 2. The van der Waals surface area contributed by atoms with Crippen molar-refractivity contribution in [3.05, 3.63) is 0 Å². The summed E-state index contributed by atoms with van der Waals surface area (Å²) in [7, 11) is 0. The smallest absolute Gasteiger partial charge is 0.308 e. The number of rotatable bonds is 4. The van der Waals surface area contributed by atoms with Crippen LogP contribution in [0.1, 0.15) is 19.8 Å². The zero-order chi connectivity index (χ0) is 13.8. The molecule has 2 aliphatic heterocycles. The number of carboxylic acid groups (broad SMARTS) is 1. The van der Waals surface area contributed by atoms with Gasteiger partial charge in [-0.15, -0.1) is 0 Å². The average Bonchev–Trinajstić information content (AvgIpc) is 2.71. The minimum absolute atomic E-state index is 0.00913. The summed E-state index contributed by atoms with van der Waals surface area (Å²) in [6.07, 6.45) is 1.72. The molecule has 0 radical (unpaired) electrons. The Morgan fingerprint density at radius 1 is 1.32 bits per heavy atom. The topological polar surface area (TPSA) is 78.9 Å². The first kappa shape index (κ1) is 14.3. The van der Waals surface area contributed by atoms with Gasteiger partial charge < -0.3 is 15.2 Å². The lowest BCUT2D eigenvalue weighted by molar-refractivity contribution is -0.142. The summed E-state index contributed by atoms with van der Waals surface area (Å²) in [6, 6.07) is 0.205. The number of nitrogens with one attached hydrogen (secondary N) is 1. The number of aliphatic carboxylic acids is 1. The van der Waals surface area contributed by atoms with Crippen LogP contribution in [0.15, 0.2) is 0 Å². The van der Waals surface area contributed by atoms with Gasteiger partial charge in [-0.3, -0.25) is 14.5 Å². The number of carboxylic acids is 1. The summed E-state index contributed by atoms with van der Waals surface area (Å²) in [4.78, 5) is 24.9. The third-order valence-corrected chi connectivity index (χ3v) is 3.96. The third-order valence-electron chi connectivity index (χ3n) is 3.96. The van der Waals surface area contributed by atoms with Crippen molar-refractivity contribution in [1.29, 1.82) is 0 Å². The van der Waals surface area contributed by atoms with E-state index in [2.05, 4.69) is 5.32 Å². The second kappa shape index (κ2) is 6.34. The molecule has 0 aliphatic carbocycles. The number of amides is 1. The molecule has 2 saturated heterocycles. The van der Waals surface area contributed by atoms with Crippen LogP contribution < -0.4 is 5.32 Å². The molecule has 6 heteroatoms. The summed E-state index contributed by atoms with van der Waals surface area (Å²) in [5, 5.41) is 12.1. The van der Waals surface area contributed by atoms with E-state index >= 15 is 0 Å². The maximum atomic E-state index is 11.9. The number of ether oxygens (including phenoxy) is 1. The summed E-state index contributed by atoms with van der Waals surface area (Å²) < 4.78 is 5.24. The molecule has 0 bridgehead atoms. The van der Waals surface area contributed by atoms with Crippen LogP contribution in [0.2, 0.25) is 0 Å². The fourth-order valence-corrected chi connectivity index (χ4v) is 2.84. The zero-order valence-corrected chi connectivity index (χ0v) is 11.3. The van der Waals surface area contributed by atoms with Crippen LogP contribution in [0, 0.1) is 11.8 Å².